The number of aromatic carboxylic acids is 1. The normalized spacial score (nSPS) is 15.9. The molecule has 1 aliphatic rings. The second-order valence-corrected chi connectivity index (χ2v) is 6.59. The van der Waals surface area contributed by atoms with Crippen LogP contribution in [0.15, 0.2) is 47.4 Å². The molecule has 2 amide bonds. The third kappa shape index (κ3) is 3.80. The second kappa shape index (κ2) is 6.94. The molecule has 0 saturated carbocycles. The van der Waals surface area contributed by atoms with Crippen LogP contribution >= 0.6 is 11.8 Å². The van der Waals surface area contributed by atoms with Gasteiger partial charge in [0.2, 0.25) is 11.8 Å². The van der Waals surface area contributed by atoms with Crippen molar-refractivity contribution >= 4 is 40.9 Å². The molecule has 0 aromatic heterocycles. The number of fused-ring (bicyclic) bond motifs is 1. The molecule has 1 heterocycles. The van der Waals surface area contributed by atoms with E-state index in [1.54, 1.807) is 6.07 Å². The molecule has 2 aromatic rings. The monoisotopic (exact) mass is 360 g/mol. The Morgan fingerprint density at radius 1 is 1.24 bits per heavy atom. The molecular formula is C17H13FN2O4S. The highest BCUT2D eigenvalue weighted by atomic mass is 32.2. The van der Waals surface area contributed by atoms with Crippen LogP contribution in [0.3, 0.4) is 0 Å². The van der Waals surface area contributed by atoms with Crippen LogP contribution in [0, 0.1) is 5.82 Å². The van der Waals surface area contributed by atoms with Crippen molar-refractivity contribution < 1.29 is 23.9 Å². The van der Waals surface area contributed by atoms with Gasteiger partial charge in [0.15, 0.2) is 0 Å². The molecule has 25 heavy (non-hydrogen) atoms. The standard InChI is InChI=1S/C17H13FN2O4S/c18-10-3-1-2-4-11(10)19-15(21)8-14-16(22)20-12-6-5-9(17(23)24)7-13(12)25-14/h1-7,14H,8H2,(H,19,21)(H,20,22)(H,23,24). The number of nitrogens with one attached hydrogen (secondary N) is 2. The molecule has 6 nitrogen and oxygen atoms in total. The Balaban J connectivity index is 1.72. The minimum atomic E-state index is -1.07. The van der Waals surface area contributed by atoms with Gasteiger partial charge in [-0.3, -0.25) is 9.59 Å². The van der Waals surface area contributed by atoms with Crippen molar-refractivity contribution in [3.8, 4) is 0 Å². The molecule has 3 N–H and O–H groups in total. The number of anilines is 2. The number of rotatable bonds is 4. The van der Waals surface area contributed by atoms with Gasteiger partial charge in [0.05, 0.1) is 22.2 Å². The predicted molar refractivity (Wildman–Crippen MR) is 91.3 cm³/mol. The minimum Gasteiger partial charge on any atom is -0.478 e. The van der Waals surface area contributed by atoms with E-state index in [9.17, 15) is 18.8 Å². The molecule has 128 valence electrons. The molecule has 1 aliphatic heterocycles. The first kappa shape index (κ1) is 17.0. The number of halogens is 1. The summed E-state index contributed by atoms with van der Waals surface area (Å²) in [5.41, 5.74) is 0.644. The first-order valence-corrected chi connectivity index (χ1v) is 8.21. The number of thioether (sulfide) groups is 1. The van der Waals surface area contributed by atoms with Crippen molar-refractivity contribution in [1.29, 1.82) is 0 Å². The van der Waals surface area contributed by atoms with Gasteiger partial charge in [0, 0.05) is 11.3 Å². The second-order valence-electron chi connectivity index (χ2n) is 5.34. The zero-order valence-corrected chi connectivity index (χ0v) is 13.6. The maximum atomic E-state index is 13.6. The lowest BCUT2D eigenvalue weighted by atomic mass is 10.2. The van der Waals surface area contributed by atoms with Crippen molar-refractivity contribution in [3.05, 3.63) is 53.8 Å². The predicted octanol–water partition coefficient (Wildman–Crippen LogP) is 2.97. The molecule has 1 unspecified atom stereocenters. The molecule has 0 bridgehead atoms. The molecular weight excluding hydrogens is 347 g/mol. The average molecular weight is 360 g/mol. The highest BCUT2D eigenvalue weighted by Crippen LogP contribution is 2.37. The minimum absolute atomic E-state index is 0.0438. The van der Waals surface area contributed by atoms with Gasteiger partial charge in [-0.2, -0.15) is 0 Å². The molecule has 1 atom stereocenters. The summed E-state index contributed by atoms with van der Waals surface area (Å²) in [6.45, 7) is 0. The Morgan fingerprint density at radius 2 is 2.00 bits per heavy atom. The number of carboxylic acid groups (broad SMARTS) is 1. The lowest BCUT2D eigenvalue weighted by Crippen LogP contribution is -2.32. The summed E-state index contributed by atoms with van der Waals surface area (Å²) in [5, 5.41) is 13.4. The van der Waals surface area contributed by atoms with E-state index >= 15 is 0 Å². The quantitative estimate of drug-likeness (QED) is 0.779. The Hall–Kier alpha value is -2.87. The Labute approximate surface area is 146 Å². The lowest BCUT2D eigenvalue weighted by molar-refractivity contribution is -0.120. The largest absolute Gasteiger partial charge is 0.478 e. The molecule has 0 radical (unpaired) electrons. The van der Waals surface area contributed by atoms with Gasteiger partial charge in [-0.25, -0.2) is 9.18 Å². The van der Waals surface area contributed by atoms with Gasteiger partial charge < -0.3 is 15.7 Å². The van der Waals surface area contributed by atoms with Gasteiger partial charge in [-0.15, -0.1) is 11.8 Å². The number of hydrogen-bond acceptors (Lipinski definition) is 4. The van der Waals surface area contributed by atoms with Crippen molar-refractivity contribution in [2.24, 2.45) is 0 Å². The summed E-state index contributed by atoms with van der Waals surface area (Å²) in [4.78, 5) is 35.9. The van der Waals surface area contributed by atoms with Gasteiger partial charge in [-0.1, -0.05) is 12.1 Å². The van der Waals surface area contributed by atoms with Gasteiger partial charge >= 0.3 is 5.97 Å². The van der Waals surface area contributed by atoms with Crippen LogP contribution in [0.4, 0.5) is 15.8 Å². The Bertz CT molecular complexity index is 871. The summed E-state index contributed by atoms with van der Waals surface area (Å²) >= 11 is 1.11. The molecule has 0 saturated heterocycles. The van der Waals surface area contributed by atoms with Crippen molar-refractivity contribution in [1.82, 2.24) is 0 Å². The zero-order valence-electron chi connectivity index (χ0n) is 12.8. The third-order valence-electron chi connectivity index (χ3n) is 3.57. The Morgan fingerprint density at radius 3 is 2.72 bits per heavy atom. The number of hydrogen-bond donors (Lipinski definition) is 3. The zero-order chi connectivity index (χ0) is 18.0. The molecule has 0 fully saturated rings. The molecule has 3 rings (SSSR count). The number of carboxylic acids is 1. The molecule has 0 spiro atoms. The maximum Gasteiger partial charge on any atom is 0.335 e. The van der Waals surface area contributed by atoms with Crippen LogP contribution in [-0.4, -0.2) is 28.1 Å². The first-order chi connectivity index (χ1) is 11.9. The summed E-state index contributed by atoms with van der Waals surface area (Å²) in [6, 6.07) is 10.1. The SMILES string of the molecule is O=C(CC1Sc2cc(C(=O)O)ccc2NC1=O)Nc1ccccc1F. The molecule has 8 heteroatoms. The van der Waals surface area contributed by atoms with E-state index < -0.39 is 22.9 Å². The van der Waals surface area contributed by atoms with E-state index in [1.807, 2.05) is 0 Å². The van der Waals surface area contributed by atoms with E-state index in [2.05, 4.69) is 10.6 Å². The van der Waals surface area contributed by atoms with Crippen LogP contribution in [0.25, 0.3) is 0 Å². The van der Waals surface area contributed by atoms with E-state index in [0.717, 1.165) is 11.8 Å². The summed E-state index contributed by atoms with van der Waals surface area (Å²) in [6.07, 6.45) is -0.165. The van der Waals surface area contributed by atoms with Crippen LogP contribution in [0.5, 0.6) is 0 Å². The van der Waals surface area contributed by atoms with Crippen LogP contribution in [-0.2, 0) is 9.59 Å². The van der Waals surface area contributed by atoms with Gasteiger partial charge in [0.1, 0.15) is 5.82 Å². The van der Waals surface area contributed by atoms with E-state index in [-0.39, 0.29) is 23.6 Å². The number of para-hydroxylation sites is 1. The number of amides is 2. The number of carbonyl (C=O) groups excluding carboxylic acids is 2. The summed E-state index contributed by atoms with van der Waals surface area (Å²) in [7, 11) is 0. The summed E-state index contributed by atoms with van der Waals surface area (Å²) in [5.74, 6) is -2.50. The van der Waals surface area contributed by atoms with E-state index in [0.29, 0.717) is 10.6 Å². The Kier molecular flexibility index (Phi) is 4.71. The smallest absolute Gasteiger partial charge is 0.335 e. The molecule has 0 aliphatic carbocycles. The van der Waals surface area contributed by atoms with Crippen LogP contribution in [0.2, 0.25) is 0 Å². The van der Waals surface area contributed by atoms with Gasteiger partial charge in [-0.05, 0) is 30.3 Å². The highest BCUT2D eigenvalue weighted by molar-refractivity contribution is 8.01. The lowest BCUT2D eigenvalue weighted by Gasteiger charge is -2.24. The number of carbonyl (C=O) groups is 3. The fourth-order valence-corrected chi connectivity index (χ4v) is 3.49. The topological polar surface area (TPSA) is 95.5 Å². The third-order valence-corrected chi connectivity index (χ3v) is 4.82. The fraction of sp³-hybridized carbons (Fsp3) is 0.118. The summed E-state index contributed by atoms with van der Waals surface area (Å²) < 4.78 is 13.6. The van der Waals surface area contributed by atoms with E-state index in [4.69, 9.17) is 5.11 Å². The molecule has 2 aromatic carbocycles. The van der Waals surface area contributed by atoms with E-state index in [1.165, 1.54) is 36.4 Å². The maximum absolute atomic E-state index is 13.6. The van der Waals surface area contributed by atoms with Gasteiger partial charge in [0.25, 0.3) is 0 Å². The van der Waals surface area contributed by atoms with Crippen molar-refractivity contribution in [2.75, 3.05) is 10.6 Å². The average Bonchev–Trinajstić information content (AvgIpc) is 2.57. The first-order valence-electron chi connectivity index (χ1n) is 7.33. The van der Waals surface area contributed by atoms with Crippen molar-refractivity contribution in [2.45, 2.75) is 16.6 Å². The van der Waals surface area contributed by atoms with Crippen LogP contribution in [0.1, 0.15) is 16.8 Å². The van der Waals surface area contributed by atoms with Crippen molar-refractivity contribution in [3.63, 3.8) is 0 Å². The fourth-order valence-electron chi connectivity index (χ4n) is 2.34. The number of benzene rings is 2. The van der Waals surface area contributed by atoms with Crippen LogP contribution < -0.4 is 10.6 Å². The highest BCUT2D eigenvalue weighted by Gasteiger charge is 2.29.